The van der Waals surface area contributed by atoms with E-state index in [1.807, 2.05) is 41.4 Å². The topological polar surface area (TPSA) is 54.3 Å². The summed E-state index contributed by atoms with van der Waals surface area (Å²) in [7, 11) is 0. The molecule has 18 heavy (non-hydrogen) atoms. The fourth-order valence-corrected chi connectivity index (χ4v) is 1.70. The van der Waals surface area contributed by atoms with Crippen molar-refractivity contribution >= 4 is 6.21 Å². The van der Waals surface area contributed by atoms with Gasteiger partial charge in [0.15, 0.2) is 18.2 Å². The zero-order valence-corrected chi connectivity index (χ0v) is 11.4. The number of hydrogen-bond donors (Lipinski definition) is 1. The zero-order valence-electron chi connectivity index (χ0n) is 9.85. The molecule has 0 spiro atoms. The predicted octanol–water partition coefficient (Wildman–Crippen LogP) is -1.93. The molecule has 0 aromatic carbocycles. The zero-order chi connectivity index (χ0) is 11.9. The van der Waals surface area contributed by atoms with Crippen molar-refractivity contribution in [3.05, 3.63) is 48.8 Å². The maximum Gasteiger partial charge on any atom is 0.168 e. The van der Waals surface area contributed by atoms with Gasteiger partial charge in [-0.3, -0.25) is 0 Å². The fourth-order valence-electron chi connectivity index (χ4n) is 1.70. The third-order valence-electron chi connectivity index (χ3n) is 2.51. The average Bonchev–Trinajstić information content (AvgIpc) is 2.79. The van der Waals surface area contributed by atoms with Gasteiger partial charge in [0.1, 0.15) is 12.8 Å². The van der Waals surface area contributed by atoms with Crippen LogP contribution in [0.2, 0.25) is 0 Å². The van der Waals surface area contributed by atoms with Gasteiger partial charge in [-0.05, 0) is 0 Å². The van der Waals surface area contributed by atoms with E-state index >= 15 is 0 Å². The van der Waals surface area contributed by atoms with Crippen LogP contribution < -0.4 is 21.5 Å². The lowest BCUT2D eigenvalue weighted by molar-refractivity contribution is -0.697. The Morgan fingerprint density at radius 1 is 1.33 bits per heavy atom. The minimum absolute atomic E-state index is 0. The molecule has 0 aliphatic carbocycles. The van der Waals surface area contributed by atoms with E-state index < -0.39 is 0 Å². The minimum atomic E-state index is 0. The summed E-state index contributed by atoms with van der Waals surface area (Å²) < 4.78 is 4.10. The number of nitrogens with zero attached hydrogens (tertiary/aromatic N) is 4. The molecule has 0 saturated carbocycles. The molecule has 2 heterocycles. The smallest absolute Gasteiger partial charge is 0.168 e. The molecule has 0 aliphatic rings. The summed E-state index contributed by atoms with van der Waals surface area (Å²) in [6, 6.07) is 6.03. The highest BCUT2D eigenvalue weighted by Crippen LogP contribution is 1.97. The molecular weight excluding hydrogens is 296 g/mol. The van der Waals surface area contributed by atoms with Crippen LogP contribution in [0.5, 0.6) is 0 Å². The Morgan fingerprint density at radius 2 is 2.11 bits per heavy atom. The summed E-state index contributed by atoms with van der Waals surface area (Å²) in [5, 5.41) is 11.5. The molecule has 0 amide bonds. The van der Waals surface area contributed by atoms with E-state index in [1.165, 1.54) is 6.21 Å². The van der Waals surface area contributed by atoms with E-state index in [4.69, 9.17) is 5.21 Å². The molecule has 2 rings (SSSR count). The lowest BCUT2D eigenvalue weighted by Crippen LogP contribution is -3.00. The highest BCUT2D eigenvalue weighted by Gasteiger charge is 2.02. The molecule has 5 nitrogen and oxygen atoms in total. The number of aryl methyl sites for hydroxylation is 2. The Morgan fingerprint density at radius 3 is 2.83 bits per heavy atom. The maximum absolute atomic E-state index is 8.48. The van der Waals surface area contributed by atoms with Crippen LogP contribution in [-0.4, -0.2) is 21.0 Å². The Bertz CT molecular complexity index is 484. The highest BCUT2D eigenvalue weighted by atomic mass is 79.9. The second-order valence-electron chi connectivity index (χ2n) is 3.69. The molecule has 0 saturated heterocycles. The molecule has 2 aromatic rings. The number of halogens is 1. The van der Waals surface area contributed by atoms with E-state index in [2.05, 4.69) is 14.7 Å². The molecule has 0 radical (unpaired) electrons. The molecule has 0 unspecified atom stereocenters. The second kappa shape index (κ2) is 7.60. The normalized spacial score (nSPS) is 10.4. The Kier molecular flexibility index (Phi) is 6.07. The van der Waals surface area contributed by atoms with Crippen molar-refractivity contribution in [3.63, 3.8) is 0 Å². The van der Waals surface area contributed by atoms with Crippen molar-refractivity contribution in [2.45, 2.75) is 19.5 Å². The monoisotopic (exact) mass is 310 g/mol. The average molecular weight is 311 g/mol. The van der Waals surface area contributed by atoms with Gasteiger partial charge in [-0.2, -0.15) is 0 Å². The molecule has 0 fully saturated rings. The van der Waals surface area contributed by atoms with Crippen molar-refractivity contribution < 1.29 is 26.8 Å². The molecule has 2 aromatic heterocycles. The molecule has 96 valence electrons. The number of pyridine rings is 1. The van der Waals surface area contributed by atoms with Gasteiger partial charge in [0.25, 0.3) is 0 Å². The van der Waals surface area contributed by atoms with E-state index in [1.54, 1.807) is 6.20 Å². The number of aromatic nitrogens is 3. The van der Waals surface area contributed by atoms with Crippen molar-refractivity contribution in [3.8, 4) is 0 Å². The Hall–Kier alpha value is -1.69. The minimum Gasteiger partial charge on any atom is -1.00 e. The van der Waals surface area contributed by atoms with Crippen LogP contribution in [0.3, 0.4) is 0 Å². The van der Waals surface area contributed by atoms with Gasteiger partial charge in [0.05, 0.1) is 0 Å². The molecule has 0 bridgehead atoms. The summed E-state index contributed by atoms with van der Waals surface area (Å²) in [6.45, 7) is 1.80. The van der Waals surface area contributed by atoms with Crippen molar-refractivity contribution in [1.82, 2.24) is 9.55 Å². The first-order valence-electron chi connectivity index (χ1n) is 5.53. The lowest BCUT2D eigenvalue weighted by atomic mass is 10.4. The standard InChI is InChI=1S/C12H14N4O.BrH/c17-14-11-12-13-5-10-16(12)9-4-8-15-6-2-1-3-7-15;/h1-3,5-7,10-11H,4,8-9H2;1H/b14-11+;. The van der Waals surface area contributed by atoms with Crippen molar-refractivity contribution in [2.24, 2.45) is 5.16 Å². The van der Waals surface area contributed by atoms with Gasteiger partial charge in [0, 0.05) is 37.5 Å². The van der Waals surface area contributed by atoms with E-state index in [-0.39, 0.29) is 17.0 Å². The van der Waals surface area contributed by atoms with Crippen LogP contribution in [0.4, 0.5) is 0 Å². The predicted molar refractivity (Wildman–Crippen MR) is 62.9 cm³/mol. The second-order valence-corrected chi connectivity index (χ2v) is 3.69. The molecule has 6 heteroatoms. The van der Waals surface area contributed by atoms with Crippen LogP contribution in [-0.2, 0) is 13.1 Å². The fraction of sp³-hybridized carbons (Fsp3) is 0.250. The first kappa shape index (κ1) is 14.4. The molecule has 0 aliphatic heterocycles. The van der Waals surface area contributed by atoms with Gasteiger partial charge in [-0.25, -0.2) is 9.55 Å². The quantitative estimate of drug-likeness (QED) is 0.303. The Labute approximate surface area is 116 Å². The van der Waals surface area contributed by atoms with Gasteiger partial charge in [-0.1, -0.05) is 11.2 Å². The van der Waals surface area contributed by atoms with Gasteiger partial charge >= 0.3 is 0 Å². The largest absolute Gasteiger partial charge is 1.00 e. The Balaban J connectivity index is 0.00000162. The van der Waals surface area contributed by atoms with E-state index in [0.29, 0.717) is 5.82 Å². The van der Waals surface area contributed by atoms with Crippen LogP contribution in [0.25, 0.3) is 0 Å². The van der Waals surface area contributed by atoms with Gasteiger partial charge in [-0.15, -0.1) is 0 Å². The van der Waals surface area contributed by atoms with E-state index in [9.17, 15) is 0 Å². The number of rotatable bonds is 5. The lowest BCUT2D eigenvalue weighted by Gasteiger charge is -2.02. The number of oxime groups is 1. The van der Waals surface area contributed by atoms with Crippen molar-refractivity contribution in [1.29, 1.82) is 0 Å². The summed E-state index contributed by atoms with van der Waals surface area (Å²) in [5.74, 6) is 0.672. The summed E-state index contributed by atoms with van der Waals surface area (Å²) in [4.78, 5) is 4.08. The van der Waals surface area contributed by atoms with E-state index in [0.717, 1.165) is 19.5 Å². The summed E-state index contributed by atoms with van der Waals surface area (Å²) in [5.41, 5.74) is 0. The molecular formula is C12H15BrN4O. The summed E-state index contributed by atoms with van der Waals surface area (Å²) in [6.07, 6.45) is 10.0. The van der Waals surface area contributed by atoms with Crippen LogP contribution in [0.15, 0.2) is 48.1 Å². The number of imidazole rings is 1. The highest BCUT2D eigenvalue weighted by molar-refractivity contribution is 5.74. The molecule has 0 atom stereocenters. The first-order chi connectivity index (χ1) is 8.40. The van der Waals surface area contributed by atoms with Gasteiger partial charge < -0.3 is 26.8 Å². The van der Waals surface area contributed by atoms with Crippen LogP contribution in [0, 0.1) is 0 Å². The molecule has 1 N–H and O–H groups in total. The SMILES string of the molecule is O/N=C/c1nccn1CCC[n+]1ccccc1.[Br-]. The van der Waals surface area contributed by atoms with Crippen LogP contribution >= 0.6 is 0 Å². The first-order valence-corrected chi connectivity index (χ1v) is 5.53. The third-order valence-corrected chi connectivity index (χ3v) is 2.51. The van der Waals surface area contributed by atoms with Gasteiger partial charge in [0.2, 0.25) is 0 Å². The van der Waals surface area contributed by atoms with Crippen LogP contribution in [0.1, 0.15) is 12.2 Å². The third kappa shape index (κ3) is 3.96. The van der Waals surface area contributed by atoms with Crippen molar-refractivity contribution in [2.75, 3.05) is 0 Å². The summed E-state index contributed by atoms with van der Waals surface area (Å²) >= 11 is 0. The number of hydrogen-bond acceptors (Lipinski definition) is 3. The maximum atomic E-state index is 8.48.